The third-order valence-electron chi connectivity index (χ3n) is 10.3. The standard InChI is InChI=1S/C34H34N3O.C16H17FN.Ir/c1-20(2)22-13-10-14-23(21(3)4)31(22)37-28-19-35-18-27(34(5,6)7)30(28)36-33(37)26-16-11-15-25-24-12-8-9-17-29(24)38-32(25)26;1-11-5-7-13(14(17)9-11)15-8-6-12(10-18-15)16(2,3)4;/h8-15,17-21H,1-7H3;5-6,8-10H,1-4H3;/q2*-1;/i;1D3;. The molecule has 295 valence electrons. The van der Waals surface area contributed by atoms with Crippen molar-refractivity contribution in [2.45, 2.75) is 98.8 Å². The second kappa shape index (κ2) is 16.1. The molecule has 0 unspecified atom stereocenters. The molecule has 8 aromatic rings. The number of benzene rings is 4. The van der Waals surface area contributed by atoms with E-state index in [1.807, 2.05) is 36.7 Å². The van der Waals surface area contributed by atoms with Gasteiger partial charge in [0.15, 0.2) is 0 Å². The summed E-state index contributed by atoms with van der Waals surface area (Å²) in [6, 6.07) is 31.1. The van der Waals surface area contributed by atoms with Crippen LogP contribution in [0.3, 0.4) is 0 Å². The number of halogens is 1. The summed E-state index contributed by atoms with van der Waals surface area (Å²) >= 11 is 0. The number of furan rings is 1. The Labute approximate surface area is 354 Å². The van der Waals surface area contributed by atoms with Crippen LogP contribution in [0.2, 0.25) is 0 Å². The zero-order valence-corrected chi connectivity index (χ0v) is 36.7. The van der Waals surface area contributed by atoms with Gasteiger partial charge in [-0.3, -0.25) is 14.4 Å². The first-order chi connectivity index (χ1) is 27.8. The molecule has 4 aromatic heterocycles. The van der Waals surface area contributed by atoms with Gasteiger partial charge in [0.2, 0.25) is 0 Å². The predicted molar refractivity (Wildman–Crippen MR) is 229 cm³/mol. The first kappa shape index (κ1) is 37.6. The summed E-state index contributed by atoms with van der Waals surface area (Å²) in [6.45, 7) is 19.6. The van der Waals surface area contributed by atoms with Crippen LogP contribution in [0.25, 0.3) is 61.3 Å². The van der Waals surface area contributed by atoms with Crippen molar-refractivity contribution < 1.29 is 33.0 Å². The summed E-state index contributed by atoms with van der Waals surface area (Å²) in [5.74, 6) is 0.871. The largest absolute Gasteiger partial charge is 0.501 e. The molecular formula is C50H51FIrN4O-2. The second-order valence-corrected chi connectivity index (χ2v) is 17.2. The monoisotopic (exact) mass is 938 g/mol. The average Bonchev–Trinajstić information content (AvgIpc) is 3.75. The molecule has 0 atom stereocenters. The molecule has 8 rings (SSSR count). The number of fused-ring (bicyclic) bond motifs is 4. The molecule has 1 radical (unpaired) electrons. The average molecular weight is 938 g/mol. The maximum atomic E-state index is 14.1. The molecule has 0 aliphatic carbocycles. The van der Waals surface area contributed by atoms with E-state index in [0.717, 1.165) is 61.6 Å². The molecule has 0 aliphatic rings. The summed E-state index contributed by atoms with van der Waals surface area (Å²) in [4.78, 5) is 14.4. The molecule has 0 spiro atoms. The number of pyridine rings is 2. The molecular weight excluding hydrogens is 884 g/mol. The van der Waals surface area contributed by atoms with E-state index < -0.39 is 12.7 Å². The van der Waals surface area contributed by atoms with E-state index in [-0.39, 0.29) is 42.1 Å². The Hall–Kier alpha value is -4.97. The summed E-state index contributed by atoms with van der Waals surface area (Å²) in [5, 5.41) is 2.17. The predicted octanol–water partition coefficient (Wildman–Crippen LogP) is 13.6. The maximum absolute atomic E-state index is 14.1. The van der Waals surface area contributed by atoms with Crippen LogP contribution in [0.5, 0.6) is 0 Å². The molecule has 7 heteroatoms. The van der Waals surface area contributed by atoms with Crippen molar-refractivity contribution in [2.75, 3.05) is 0 Å². The summed E-state index contributed by atoms with van der Waals surface area (Å²) in [6.07, 6.45) is 5.63. The van der Waals surface area contributed by atoms with Crippen LogP contribution in [-0.4, -0.2) is 19.5 Å². The molecule has 0 N–H and O–H groups in total. The van der Waals surface area contributed by atoms with Gasteiger partial charge in [-0.05, 0) is 51.1 Å². The number of rotatable bonds is 5. The number of imidazole rings is 1. The fourth-order valence-electron chi connectivity index (χ4n) is 7.21. The Kier molecular flexibility index (Phi) is 10.6. The Bertz CT molecular complexity index is 2780. The SMILES string of the molecule is CC(C)c1cccc(C(C)C)c1-n1c(-c2[c-]ccc3c2oc2ccccc23)nc2c(C(C)(C)C)cncc21.[2H]C([2H])([2H])c1c[c-]c(-c2ccc(C(C)(C)C)cn2)c(F)c1.[Ir]. The van der Waals surface area contributed by atoms with E-state index in [1.165, 1.54) is 22.9 Å². The first-order valence-corrected chi connectivity index (χ1v) is 19.3. The first-order valence-electron chi connectivity index (χ1n) is 20.8. The van der Waals surface area contributed by atoms with Gasteiger partial charge in [-0.25, -0.2) is 0 Å². The van der Waals surface area contributed by atoms with Gasteiger partial charge >= 0.3 is 0 Å². The van der Waals surface area contributed by atoms with Crippen molar-refractivity contribution in [3.8, 4) is 28.3 Å². The minimum Gasteiger partial charge on any atom is -0.501 e. The van der Waals surface area contributed by atoms with E-state index in [9.17, 15) is 4.39 Å². The van der Waals surface area contributed by atoms with Gasteiger partial charge in [0.25, 0.3) is 0 Å². The molecule has 4 aromatic carbocycles. The number of hydrogen-bond donors (Lipinski definition) is 0. The van der Waals surface area contributed by atoms with Crippen molar-refractivity contribution >= 4 is 33.0 Å². The molecule has 4 heterocycles. The fourth-order valence-corrected chi connectivity index (χ4v) is 7.21. The quantitative estimate of drug-likeness (QED) is 0.161. The Morgan fingerprint density at radius 1 is 0.789 bits per heavy atom. The zero-order valence-electron chi connectivity index (χ0n) is 37.3. The molecule has 57 heavy (non-hydrogen) atoms. The summed E-state index contributed by atoms with van der Waals surface area (Å²) in [7, 11) is 0. The van der Waals surface area contributed by atoms with Crippen LogP contribution in [-0.2, 0) is 30.9 Å². The van der Waals surface area contributed by atoms with Crippen LogP contribution >= 0.6 is 0 Å². The van der Waals surface area contributed by atoms with E-state index >= 15 is 0 Å². The van der Waals surface area contributed by atoms with Gasteiger partial charge < -0.3 is 14.0 Å². The van der Waals surface area contributed by atoms with E-state index in [1.54, 1.807) is 12.3 Å². The number of nitrogens with zero attached hydrogens (tertiary/aromatic N) is 4. The third-order valence-corrected chi connectivity index (χ3v) is 10.3. The number of aromatic nitrogens is 4. The Morgan fingerprint density at radius 2 is 1.51 bits per heavy atom. The van der Waals surface area contributed by atoms with Crippen molar-refractivity contribution in [1.29, 1.82) is 0 Å². The fraction of sp³-hybridized carbons (Fsp3) is 0.300. The smallest absolute Gasteiger partial charge is 0.120 e. The van der Waals surface area contributed by atoms with E-state index in [2.05, 4.69) is 127 Å². The molecule has 0 saturated heterocycles. The topological polar surface area (TPSA) is 56.7 Å². The van der Waals surface area contributed by atoms with Crippen LogP contribution in [0.4, 0.5) is 4.39 Å². The van der Waals surface area contributed by atoms with Crippen molar-refractivity contribution in [3.63, 3.8) is 0 Å². The van der Waals surface area contributed by atoms with Crippen LogP contribution in [0, 0.1) is 24.8 Å². The zero-order chi connectivity index (χ0) is 42.6. The number of para-hydroxylation sites is 2. The Morgan fingerprint density at radius 3 is 2.12 bits per heavy atom. The molecule has 0 fully saturated rings. The van der Waals surface area contributed by atoms with E-state index in [0.29, 0.717) is 17.5 Å². The molecule has 0 saturated carbocycles. The minimum absolute atomic E-state index is 0. The number of hydrogen-bond acceptors (Lipinski definition) is 4. The van der Waals surface area contributed by atoms with Crippen molar-refractivity contribution in [3.05, 3.63) is 143 Å². The molecule has 0 aliphatic heterocycles. The van der Waals surface area contributed by atoms with Gasteiger partial charge in [-0.1, -0.05) is 141 Å². The van der Waals surface area contributed by atoms with Crippen LogP contribution in [0.1, 0.15) is 113 Å². The van der Waals surface area contributed by atoms with Gasteiger partial charge in [0, 0.05) is 59.1 Å². The third kappa shape index (κ3) is 8.10. The summed E-state index contributed by atoms with van der Waals surface area (Å²) in [5.41, 5.74) is 10.9. The van der Waals surface area contributed by atoms with E-state index in [4.69, 9.17) is 18.5 Å². The molecule has 0 bridgehead atoms. The molecule has 0 amide bonds. The Balaban J connectivity index is 0.000000234. The maximum Gasteiger partial charge on any atom is 0.120 e. The van der Waals surface area contributed by atoms with Gasteiger partial charge in [0.1, 0.15) is 5.58 Å². The number of aryl methyl sites for hydroxylation is 1. The second-order valence-electron chi connectivity index (χ2n) is 17.2. The molecule has 5 nitrogen and oxygen atoms in total. The van der Waals surface area contributed by atoms with Crippen molar-refractivity contribution in [1.82, 2.24) is 19.5 Å². The van der Waals surface area contributed by atoms with Gasteiger partial charge in [-0.15, -0.1) is 42.0 Å². The summed E-state index contributed by atoms with van der Waals surface area (Å²) < 4.78 is 44.7. The van der Waals surface area contributed by atoms with Gasteiger partial charge in [-0.2, -0.15) is 0 Å². The van der Waals surface area contributed by atoms with Crippen LogP contribution < -0.4 is 0 Å². The van der Waals surface area contributed by atoms with Crippen LogP contribution in [0.15, 0.2) is 102 Å². The van der Waals surface area contributed by atoms with Crippen molar-refractivity contribution in [2.24, 2.45) is 0 Å². The normalized spacial score (nSPS) is 13.0. The van der Waals surface area contributed by atoms with Gasteiger partial charge in [0.05, 0.1) is 28.6 Å². The minimum atomic E-state index is -2.33.